The fourth-order valence-corrected chi connectivity index (χ4v) is 2.17. The van der Waals surface area contributed by atoms with Crippen LogP contribution in [-0.2, 0) is 11.2 Å². The average molecular weight is 187 g/mol. The van der Waals surface area contributed by atoms with E-state index >= 15 is 0 Å². The number of fused-ring (bicyclic) bond motifs is 1. The number of nitrogens with one attached hydrogen (secondary N) is 1. The lowest BCUT2D eigenvalue weighted by Crippen LogP contribution is -2.20. The molecule has 2 heteroatoms. The van der Waals surface area contributed by atoms with Gasteiger partial charge in [0.25, 0.3) is 0 Å². The molecule has 1 fully saturated rings. The third kappa shape index (κ3) is 1.22. The number of para-hydroxylation sites is 1. The second-order valence-corrected chi connectivity index (χ2v) is 4.20. The van der Waals surface area contributed by atoms with Crippen molar-refractivity contribution in [2.75, 3.05) is 5.32 Å². The minimum atomic E-state index is 0.172. The van der Waals surface area contributed by atoms with Crippen LogP contribution in [0, 0.1) is 0 Å². The predicted octanol–water partition coefficient (Wildman–Crippen LogP) is 2.45. The second kappa shape index (κ2) is 2.84. The van der Waals surface area contributed by atoms with Crippen LogP contribution >= 0.6 is 0 Å². The molecule has 1 amide bonds. The van der Waals surface area contributed by atoms with Gasteiger partial charge in [0.2, 0.25) is 5.91 Å². The van der Waals surface area contributed by atoms with Crippen molar-refractivity contribution in [3.8, 4) is 0 Å². The highest BCUT2D eigenvalue weighted by atomic mass is 16.1. The van der Waals surface area contributed by atoms with E-state index in [1.807, 2.05) is 0 Å². The highest BCUT2D eigenvalue weighted by molar-refractivity contribution is 5.95. The Hall–Kier alpha value is -1.31. The summed E-state index contributed by atoms with van der Waals surface area (Å²) in [6, 6.07) is 6.40. The van der Waals surface area contributed by atoms with Crippen molar-refractivity contribution in [2.45, 2.75) is 31.6 Å². The summed E-state index contributed by atoms with van der Waals surface area (Å²) in [6.07, 6.45) is 4.11. The van der Waals surface area contributed by atoms with E-state index in [2.05, 4.69) is 23.5 Å². The Kier molecular flexibility index (Phi) is 1.63. The van der Waals surface area contributed by atoms with Crippen LogP contribution < -0.4 is 5.32 Å². The summed E-state index contributed by atoms with van der Waals surface area (Å²) in [5.41, 5.74) is 3.79. The van der Waals surface area contributed by atoms with E-state index in [4.69, 9.17) is 0 Å². The molecule has 0 saturated heterocycles. The molecular formula is C12H13NO. The Balaban J connectivity index is 2.08. The number of amides is 1. The molecule has 0 radical (unpaired) electrons. The quantitative estimate of drug-likeness (QED) is 0.718. The van der Waals surface area contributed by atoms with E-state index in [0.29, 0.717) is 12.3 Å². The first kappa shape index (κ1) is 8.04. The average Bonchev–Trinajstić information content (AvgIpc) is 3.00. The van der Waals surface area contributed by atoms with E-state index < -0.39 is 0 Å². The maximum atomic E-state index is 11.3. The van der Waals surface area contributed by atoms with Gasteiger partial charge in [-0.25, -0.2) is 0 Å². The van der Waals surface area contributed by atoms with Gasteiger partial charge >= 0.3 is 0 Å². The molecular weight excluding hydrogens is 174 g/mol. The molecule has 1 heterocycles. The smallest absolute Gasteiger partial charge is 0.224 e. The molecule has 1 aromatic carbocycles. The first-order valence-corrected chi connectivity index (χ1v) is 5.26. The molecule has 72 valence electrons. The highest BCUT2D eigenvalue weighted by Gasteiger charge is 2.28. The molecule has 1 N–H and O–H groups in total. The molecule has 2 aliphatic rings. The fourth-order valence-electron chi connectivity index (χ4n) is 2.17. The van der Waals surface area contributed by atoms with E-state index in [1.54, 1.807) is 0 Å². The van der Waals surface area contributed by atoms with E-state index in [9.17, 15) is 4.79 Å². The molecule has 2 nitrogen and oxygen atoms in total. The molecule has 3 rings (SSSR count). The number of rotatable bonds is 1. The molecule has 14 heavy (non-hydrogen) atoms. The molecule has 1 aliphatic heterocycles. The Morgan fingerprint density at radius 3 is 2.86 bits per heavy atom. The SMILES string of the molecule is O=C1CCc2cccc(C3CC3)c2N1. The molecule has 0 aromatic heterocycles. The molecule has 0 unspecified atom stereocenters. The van der Waals surface area contributed by atoms with Gasteiger partial charge in [0, 0.05) is 12.1 Å². The molecule has 1 saturated carbocycles. The number of anilines is 1. The standard InChI is InChI=1S/C12H13NO/c14-11-7-6-9-2-1-3-10(8-4-5-8)12(9)13-11/h1-3,8H,4-7H2,(H,13,14). The van der Waals surface area contributed by atoms with Crippen LogP contribution in [0.3, 0.4) is 0 Å². The van der Waals surface area contributed by atoms with Crippen molar-refractivity contribution in [1.29, 1.82) is 0 Å². The number of hydrogen-bond donors (Lipinski definition) is 1. The summed E-state index contributed by atoms with van der Waals surface area (Å²) < 4.78 is 0. The lowest BCUT2D eigenvalue weighted by molar-refractivity contribution is -0.116. The summed E-state index contributed by atoms with van der Waals surface area (Å²) in [5, 5.41) is 3.01. The maximum Gasteiger partial charge on any atom is 0.224 e. The van der Waals surface area contributed by atoms with Crippen LogP contribution in [0.15, 0.2) is 18.2 Å². The van der Waals surface area contributed by atoms with Crippen molar-refractivity contribution in [1.82, 2.24) is 0 Å². The van der Waals surface area contributed by atoms with Crippen LogP contribution in [0.4, 0.5) is 5.69 Å². The zero-order valence-electron chi connectivity index (χ0n) is 8.05. The summed E-state index contributed by atoms with van der Waals surface area (Å²) in [4.78, 5) is 11.3. The van der Waals surface area contributed by atoms with Gasteiger partial charge in [0.05, 0.1) is 0 Å². The van der Waals surface area contributed by atoms with Gasteiger partial charge in [-0.2, -0.15) is 0 Å². The lowest BCUT2D eigenvalue weighted by atomic mass is 9.97. The van der Waals surface area contributed by atoms with Crippen molar-refractivity contribution in [3.63, 3.8) is 0 Å². The van der Waals surface area contributed by atoms with Crippen LogP contribution in [0.25, 0.3) is 0 Å². The van der Waals surface area contributed by atoms with Gasteiger partial charge in [-0.15, -0.1) is 0 Å². The topological polar surface area (TPSA) is 29.1 Å². The Morgan fingerprint density at radius 1 is 1.21 bits per heavy atom. The Morgan fingerprint density at radius 2 is 2.07 bits per heavy atom. The van der Waals surface area contributed by atoms with Gasteiger partial charge in [-0.05, 0) is 36.3 Å². The van der Waals surface area contributed by atoms with Crippen molar-refractivity contribution in [2.24, 2.45) is 0 Å². The third-order valence-corrected chi connectivity index (χ3v) is 3.09. The van der Waals surface area contributed by atoms with Crippen LogP contribution in [0.5, 0.6) is 0 Å². The summed E-state index contributed by atoms with van der Waals surface area (Å²) in [6.45, 7) is 0. The summed E-state index contributed by atoms with van der Waals surface area (Å²) in [7, 11) is 0. The number of carbonyl (C=O) groups is 1. The lowest BCUT2D eigenvalue weighted by Gasteiger charge is -2.19. The van der Waals surface area contributed by atoms with Gasteiger partial charge in [-0.3, -0.25) is 4.79 Å². The van der Waals surface area contributed by atoms with Gasteiger partial charge in [-0.1, -0.05) is 18.2 Å². The minimum Gasteiger partial charge on any atom is -0.326 e. The van der Waals surface area contributed by atoms with E-state index in [1.165, 1.54) is 24.0 Å². The van der Waals surface area contributed by atoms with Crippen LogP contribution in [0.2, 0.25) is 0 Å². The largest absolute Gasteiger partial charge is 0.326 e. The van der Waals surface area contributed by atoms with E-state index in [0.717, 1.165) is 12.1 Å². The highest BCUT2D eigenvalue weighted by Crippen LogP contribution is 2.45. The zero-order valence-corrected chi connectivity index (χ0v) is 8.05. The van der Waals surface area contributed by atoms with Crippen LogP contribution in [0.1, 0.15) is 36.3 Å². The van der Waals surface area contributed by atoms with Crippen molar-refractivity contribution in [3.05, 3.63) is 29.3 Å². The van der Waals surface area contributed by atoms with Gasteiger partial charge in [0.15, 0.2) is 0 Å². The normalized spacial score (nSPS) is 20.1. The minimum absolute atomic E-state index is 0.172. The van der Waals surface area contributed by atoms with Gasteiger partial charge < -0.3 is 5.32 Å². The molecule has 0 spiro atoms. The fraction of sp³-hybridized carbons (Fsp3) is 0.417. The van der Waals surface area contributed by atoms with E-state index in [-0.39, 0.29) is 5.91 Å². The molecule has 0 bridgehead atoms. The monoisotopic (exact) mass is 187 g/mol. The molecule has 0 atom stereocenters. The number of hydrogen-bond acceptors (Lipinski definition) is 1. The number of benzene rings is 1. The summed E-state index contributed by atoms with van der Waals surface area (Å²) >= 11 is 0. The number of carbonyl (C=O) groups excluding carboxylic acids is 1. The first-order chi connectivity index (χ1) is 6.84. The van der Waals surface area contributed by atoms with Gasteiger partial charge in [0.1, 0.15) is 0 Å². The maximum absolute atomic E-state index is 11.3. The second-order valence-electron chi connectivity index (χ2n) is 4.20. The van der Waals surface area contributed by atoms with Crippen molar-refractivity contribution >= 4 is 11.6 Å². The first-order valence-electron chi connectivity index (χ1n) is 5.26. The summed E-state index contributed by atoms with van der Waals surface area (Å²) in [5.74, 6) is 0.883. The molecule has 1 aliphatic carbocycles. The Bertz CT molecular complexity index is 393. The number of aryl methyl sites for hydroxylation is 1. The zero-order chi connectivity index (χ0) is 9.54. The van der Waals surface area contributed by atoms with Crippen LogP contribution in [-0.4, -0.2) is 5.91 Å². The van der Waals surface area contributed by atoms with Crippen molar-refractivity contribution < 1.29 is 4.79 Å². The molecule has 1 aromatic rings. The predicted molar refractivity (Wildman–Crippen MR) is 55.4 cm³/mol. The third-order valence-electron chi connectivity index (χ3n) is 3.09. The Labute approximate surface area is 83.3 Å².